The molecule has 0 bridgehead atoms. The smallest absolute Gasteiger partial charge is 0.478 e. The van der Waals surface area contributed by atoms with Crippen molar-refractivity contribution in [1.29, 1.82) is 0 Å². The highest BCUT2D eigenvalue weighted by Crippen LogP contribution is 2.56. The second kappa shape index (κ2) is 8.67. The number of nitrogens with zero attached hydrogens (tertiary/aromatic N) is 3. The highest BCUT2D eigenvalue weighted by molar-refractivity contribution is 7.60. The van der Waals surface area contributed by atoms with E-state index < -0.39 is 52.2 Å². The number of rotatable bonds is 8. The molecule has 174 valence electrons. The standard InChI is InChI=1S/C13H21N5O11P2/c1-17-5-18(10-8(17)11(20)16-13(14)15-10)12-9(19)6(3-26-2)7(28-12)4-27-31(24,25)29-30(21,22)23/h5-7,9,12,19H,3-4H2,1-2H3,(H5-,14,15,16,20,21,22,23,24,25)/t6-,7-,9-,12-/m1/s1. The minimum atomic E-state index is -5.55. The molecule has 1 fully saturated rings. The van der Waals surface area contributed by atoms with Crippen LogP contribution in [0.2, 0.25) is 0 Å². The molecular formula is C13H21N5O11P2. The maximum Gasteiger partial charge on any atom is 0.478 e. The van der Waals surface area contributed by atoms with Gasteiger partial charge in [0, 0.05) is 13.0 Å². The molecule has 0 amide bonds. The quantitative estimate of drug-likeness (QED) is 0.188. The number of H-pyrrole nitrogens is 1. The lowest BCUT2D eigenvalue weighted by molar-refractivity contribution is -0.646. The topological polar surface area (TPSA) is 235 Å². The molecule has 16 nitrogen and oxygen atoms in total. The molecule has 0 aliphatic carbocycles. The predicted molar refractivity (Wildman–Crippen MR) is 97.9 cm³/mol. The summed E-state index contributed by atoms with van der Waals surface area (Å²) in [5.41, 5.74) is 5.35. The van der Waals surface area contributed by atoms with Crippen molar-refractivity contribution in [2.75, 3.05) is 26.1 Å². The average Bonchev–Trinajstić information content (AvgIpc) is 3.09. The van der Waals surface area contributed by atoms with Gasteiger partial charge in [0.2, 0.25) is 18.5 Å². The monoisotopic (exact) mass is 485 g/mol. The molecule has 0 spiro atoms. The summed E-state index contributed by atoms with van der Waals surface area (Å²) in [5.74, 6) is -0.965. The van der Waals surface area contributed by atoms with Crippen LogP contribution in [0.3, 0.4) is 0 Å². The number of imidazole rings is 1. The summed E-state index contributed by atoms with van der Waals surface area (Å²) in [6.45, 7) is -0.763. The number of fused-ring (bicyclic) bond motifs is 1. The van der Waals surface area contributed by atoms with Crippen molar-refractivity contribution in [1.82, 2.24) is 14.5 Å². The van der Waals surface area contributed by atoms with E-state index in [-0.39, 0.29) is 23.7 Å². The van der Waals surface area contributed by atoms with Gasteiger partial charge in [-0.2, -0.15) is 9.55 Å². The van der Waals surface area contributed by atoms with Gasteiger partial charge in [0.05, 0.1) is 26.4 Å². The Kier molecular flexibility index (Phi) is 6.70. The van der Waals surface area contributed by atoms with Crippen molar-refractivity contribution in [2.24, 2.45) is 13.0 Å². The first-order chi connectivity index (χ1) is 14.3. The van der Waals surface area contributed by atoms with Gasteiger partial charge in [0.1, 0.15) is 6.10 Å². The number of hydrogen-bond acceptors (Lipinski definition) is 11. The van der Waals surface area contributed by atoms with Gasteiger partial charge in [0.25, 0.3) is 19.0 Å². The van der Waals surface area contributed by atoms with Crippen LogP contribution >= 0.6 is 15.6 Å². The van der Waals surface area contributed by atoms with E-state index >= 15 is 0 Å². The van der Waals surface area contributed by atoms with Crippen LogP contribution < -0.4 is 20.8 Å². The Balaban J connectivity index is 1.89. The number of phosphoric acid groups is 2. The van der Waals surface area contributed by atoms with Crippen LogP contribution in [0.1, 0.15) is 6.23 Å². The molecule has 6 atom stereocenters. The van der Waals surface area contributed by atoms with Gasteiger partial charge >= 0.3 is 13.4 Å². The number of aliphatic hydroxyl groups is 1. The number of phosphoric ester groups is 1. The van der Waals surface area contributed by atoms with E-state index in [2.05, 4.69) is 18.8 Å². The van der Waals surface area contributed by atoms with E-state index in [1.807, 2.05) is 0 Å². The summed E-state index contributed by atoms with van der Waals surface area (Å²) in [7, 11) is -7.81. The first kappa shape index (κ1) is 23.9. The third-order valence-electron chi connectivity index (χ3n) is 4.55. The molecule has 1 saturated heterocycles. The molecule has 0 radical (unpaired) electrons. The number of anilines is 1. The number of aromatic amines is 1. The Morgan fingerprint density at radius 1 is 1.42 bits per heavy atom. The van der Waals surface area contributed by atoms with Crippen molar-refractivity contribution in [3.63, 3.8) is 0 Å². The highest BCUT2D eigenvalue weighted by Gasteiger charge is 2.49. The summed E-state index contributed by atoms with van der Waals surface area (Å²) in [6, 6.07) is 0. The SMILES string of the molecule is COC[C@H]1[C@@H](O)[C@H](n2c[n+](C)c3c(=O)[nH]c(N)nc32)O[C@@H]1COP(=O)(O)OP(=O)([O-])O. The lowest BCUT2D eigenvalue weighted by atomic mass is 9.99. The van der Waals surface area contributed by atoms with Gasteiger partial charge in [-0.25, -0.2) is 13.4 Å². The molecule has 18 heteroatoms. The van der Waals surface area contributed by atoms with Crippen LogP contribution in [-0.2, 0) is 34.5 Å². The molecule has 2 aromatic rings. The van der Waals surface area contributed by atoms with Crippen LogP contribution in [0.4, 0.5) is 5.95 Å². The fraction of sp³-hybridized carbons (Fsp3) is 0.615. The van der Waals surface area contributed by atoms with Gasteiger partial charge in [-0.1, -0.05) is 0 Å². The summed E-state index contributed by atoms with van der Waals surface area (Å²) in [4.78, 5) is 47.3. The van der Waals surface area contributed by atoms with Crippen LogP contribution in [0.15, 0.2) is 11.1 Å². The zero-order chi connectivity index (χ0) is 23.1. The largest absolute Gasteiger partial charge is 0.756 e. The normalized spacial score (nSPS) is 27.9. The number of aliphatic hydroxyl groups excluding tert-OH is 1. The number of hydrogen-bond donors (Lipinski definition) is 5. The Hall–Kier alpha value is -1.71. The Labute approximate surface area is 174 Å². The molecule has 2 unspecified atom stereocenters. The van der Waals surface area contributed by atoms with E-state index in [1.165, 1.54) is 22.6 Å². The predicted octanol–water partition coefficient (Wildman–Crippen LogP) is -2.75. The zero-order valence-corrected chi connectivity index (χ0v) is 18.0. The number of aromatic nitrogens is 4. The number of nitrogen functional groups attached to an aromatic ring is 1. The van der Waals surface area contributed by atoms with Gasteiger partial charge in [-0.15, -0.1) is 0 Å². The second-order valence-corrected chi connectivity index (χ2v) is 9.53. The van der Waals surface area contributed by atoms with E-state index in [1.54, 1.807) is 7.05 Å². The van der Waals surface area contributed by atoms with Gasteiger partial charge in [-0.05, 0) is 0 Å². The van der Waals surface area contributed by atoms with Crippen LogP contribution in [-0.4, -0.2) is 62.0 Å². The Morgan fingerprint density at radius 2 is 2.10 bits per heavy atom. The van der Waals surface area contributed by atoms with E-state index in [9.17, 15) is 28.8 Å². The minimum Gasteiger partial charge on any atom is -0.756 e. The van der Waals surface area contributed by atoms with Crippen molar-refractivity contribution in [2.45, 2.75) is 18.4 Å². The number of aryl methyl sites for hydroxylation is 1. The first-order valence-electron chi connectivity index (χ1n) is 8.64. The molecule has 2 aromatic heterocycles. The van der Waals surface area contributed by atoms with E-state index in [0.29, 0.717) is 0 Å². The molecule has 1 aliphatic rings. The number of ether oxygens (including phenoxy) is 2. The summed E-state index contributed by atoms with van der Waals surface area (Å²) >= 11 is 0. The first-order valence-corrected chi connectivity index (χ1v) is 11.6. The van der Waals surface area contributed by atoms with Crippen molar-refractivity contribution >= 4 is 32.8 Å². The van der Waals surface area contributed by atoms with E-state index in [4.69, 9.17) is 20.1 Å². The van der Waals surface area contributed by atoms with E-state index in [0.717, 1.165) is 0 Å². The maximum atomic E-state index is 12.2. The Morgan fingerprint density at radius 3 is 2.71 bits per heavy atom. The lowest BCUT2D eigenvalue weighted by Gasteiger charge is -2.22. The summed E-state index contributed by atoms with van der Waals surface area (Å²) in [6.07, 6.45) is -2.02. The second-order valence-electron chi connectivity index (χ2n) is 6.75. The molecule has 31 heavy (non-hydrogen) atoms. The summed E-state index contributed by atoms with van der Waals surface area (Å²) < 4.78 is 44.2. The minimum absolute atomic E-state index is 0.0657. The summed E-state index contributed by atoms with van der Waals surface area (Å²) in [5, 5.41) is 10.8. The number of nitrogens with one attached hydrogen (secondary N) is 1. The number of methoxy groups -OCH3 is 1. The molecule has 0 saturated carbocycles. The molecule has 1 aliphatic heterocycles. The third-order valence-corrected chi connectivity index (χ3v) is 6.68. The van der Waals surface area contributed by atoms with Gasteiger partial charge in [0.15, 0.2) is 0 Å². The Bertz CT molecular complexity index is 1110. The van der Waals surface area contributed by atoms with Crippen molar-refractivity contribution < 1.29 is 51.8 Å². The lowest BCUT2D eigenvalue weighted by Crippen LogP contribution is -2.32. The average molecular weight is 485 g/mol. The third kappa shape index (κ3) is 5.21. The van der Waals surface area contributed by atoms with Crippen LogP contribution in [0.25, 0.3) is 11.2 Å². The van der Waals surface area contributed by atoms with Crippen molar-refractivity contribution in [3.05, 3.63) is 16.7 Å². The highest BCUT2D eigenvalue weighted by atomic mass is 31.3. The van der Waals surface area contributed by atoms with Gasteiger partial charge in [-0.3, -0.25) is 18.9 Å². The fourth-order valence-electron chi connectivity index (χ4n) is 3.36. The fourth-order valence-corrected chi connectivity index (χ4v) is 4.93. The van der Waals surface area contributed by atoms with Crippen LogP contribution in [0, 0.1) is 5.92 Å². The molecule has 3 heterocycles. The van der Waals surface area contributed by atoms with Crippen molar-refractivity contribution in [3.8, 4) is 0 Å². The molecule has 6 N–H and O–H groups in total. The molecular weight excluding hydrogens is 464 g/mol. The molecule has 0 aromatic carbocycles. The maximum absolute atomic E-state index is 12.2. The number of nitrogens with two attached hydrogens (primary N) is 1. The van der Waals surface area contributed by atoms with Crippen LogP contribution in [0.5, 0.6) is 0 Å². The van der Waals surface area contributed by atoms with Gasteiger partial charge < -0.3 is 35.0 Å². The molecule has 3 rings (SSSR count). The zero-order valence-electron chi connectivity index (χ0n) is 16.2.